The summed E-state index contributed by atoms with van der Waals surface area (Å²) in [7, 11) is 0. The number of nitrogens with zero attached hydrogens (tertiary/aromatic N) is 1. The third-order valence-electron chi connectivity index (χ3n) is 3.93. The van der Waals surface area contributed by atoms with Crippen LogP contribution < -0.4 is 10.6 Å². The van der Waals surface area contributed by atoms with Crippen molar-refractivity contribution in [2.45, 2.75) is 46.6 Å². The van der Waals surface area contributed by atoms with E-state index in [4.69, 9.17) is 12.2 Å². The van der Waals surface area contributed by atoms with Crippen molar-refractivity contribution in [3.8, 4) is 0 Å². The van der Waals surface area contributed by atoms with Gasteiger partial charge in [0.1, 0.15) is 0 Å². The Morgan fingerprint density at radius 3 is 2.35 bits per heavy atom. The van der Waals surface area contributed by atoms with Gasteiger partial charge in [0.25, 0.3) is 0 Å². The highest BCUT2D eigenvalue weighted by Crippen LogP contribution is 2.10. The lowest BCUT2D eigenvalue weighted by molar-refractivity contribution is 0.101. The van der Waals surface area contributed by atoms with E-state index in [0.29, 0.717) is 16.7 Å². The van der Waals surface area contributed by atoms with Crippen LogP contribution in [0.2, 0.25) is 0 Å². The van der Waals surface area contributed by atoms with Crippen LogP contribution in [0.1, 0.15) is 50.9 Å². The molecule has 0 saturated heterocycles. The molecule has 0 aliphatic carbocycles. The minimum atomic E-state index is 0.0686. The number of ketones is 1. The van der Waals surface area contributed by atoms with E-state index in [1.165, 1.54) is 0 Å². The van der Waals surface area contributed by atoms with Crippen molar-refractivity contribution in [3.05, 3.63) is 29.8 Å². The summed E-state index contributed by atoms with van der Waals surface area (Å²) in [5.74, 6) is 0.0686. The molecule has 2 N–H and O–H groups in total. The van der Waals surface area contributed by atoms with Gasteiger partial charge >= 0.3 is 0 Å². The Kier molecular flexibility index (Phi) is 8.81. The number of carbonyl (C=O) groups is 1. The molecule has 1 rings (SSSR count). The highest BCUT2D eigenvalue weighted by Gasteiger charge is 2.06. The van der Waals surface area contributed by atoms with E-state index >= 15 is 0 Å². The van der Waals surface area contributed by atoms with Crippen LogP contribution in [0.3, 0.4) is 0 Å². The maximum atomic E-state index is 11.3. The Bertz CT molecular complexity index is 497. The zero-order chi connectivity index (χ0) is 17.2. The number of anilines is 1. The summed E-state index contributed by atoms with van der Waals surface area (Å²) in [6, 6.07) is 7.69. The highest BCUT2D eigenvalue weighted by molar-refractivity contribution is 7.80. The van der Waals surface area contributed by atoms with Gasteiger partial charge in [0, 0.05) is 17.3 Å². The Morgan fingerprint density at radius 2 is 1.83 bits per heavy atom. The molecule has 1 aromatic rings. The maximum absolute atomic E-state index is 11.3. The van der Waals surface area contributed by atoms with Gasteiger partial charge < -0.3 is 15.5 Å². The summed E-state index contributed by atoms with van der Waals surface area (Å²) >= 11 is 5.34. The number of hydrogen-bond donors (Lipinski definition) is 2. The van der Waals surface area contributed by atoms with Gasteiger partial charge in [0.05, 0.1) is 0 Å². The second-order valence-corrected chi connectivity index (χ2v) is 6.21. The monoisotopic (exact) mass is 335 g/mol. The average molecular weight is 336 g/mol. The zero-order valence-electron chi connectivity index (χ0n) is 14.7. The van der Waals surface area contributed by atoms with Gasteiger partial charge in [-0.1, -0.05) is 13.8 Å². The Labute approximate surface area is 145 Å². The Hall–Kier alpha value is -1.46. The molecule has 0 fully saturated rings. The van der Waals surface area contributed by atoms with Crippen molar-refractivity contribution in [2.24, 2.45) is 0 Å². The number of hydrogen-bond acceptors (Lipinski definition) is 3. The largest absolute Gasteiger partial charge is 0.360 e. The number of nitrogens with one attached hydrogen (secondary N) is 2. The molecule has 1 unspecified atom stereocenters. The van der Waals surface area contributed by atoms with E-state index in [1.807, 2.05) is 12.1 Å². The van der Waals surface area contributed by atoms with Crippen LogP contribution in [-0.4, -0.2) is 41.5 Å². The molecule has 0 amide bonds. The molecule has 23 heavy (non-hydrogen) atoms. The number of Topliss-reactive ketones (excluding diaryl/α,β-unsaturated/α-hetero) is 1. The second kappa shape index (κ2) is 10.3. The van der Waals surface area contributed by atoms with Crippen LogP contribution in [0.5, 0.6) is 0 Å². The van der Waals surface area contributed by atoms with Crippen LogP contribution in [0.4, 0.5) is 5.69 Å². The first kappa shape index (κ1) is 19.6. The molecular weight excluding hydrogens is 306 g/mol. The van der Waals surface area contributed by atoms with E-state index in [0.717, 1.165) is 38.2 Å². The first-order chi connectivity index (χ1) is 11.0. The van der Waals surface area contributed by atoms with E-state index in [2.05, 4.69) is 36.3 Å². The third kappa shape index (κ3) is 7.57. The molecule has 5 heteroatoms. The molecular formula is C18H29N3OS. The summed E-state index contributed by atoms with van der Waals surface area (Å²) in [4.78, 5) is 13.7. The highest BCUT2D eigenvalue weighted by atomic mass is 32.1. The van der Waals surface area contributed by atoms with Crippen molar-refractivity contribution in [3.63, 3.8) is 0 Å². The molecule has 0 aromatic heterocycles. The molecule has 0 saturated carbocycles. The fourth-order valence-corrected chi connectivity index (χ4v) is 2.73. The molecule has 0 bridgehead atoms. The maximum Gasteiger partial charge on any atom is 0.170 e. The van der Waals surface area contributed by atoms with E-state index < -0.39 is 0 Å². The number of rotatable bonds is 9. The van der Waals surface area contributed by atoms with Crippen molar-refractivity contribution in [1.29, 1.82) is 0 Å². The molecule has 128 valence electrons. The normalized spacial score (nSPS) is 12.0. The SMILES string of the molecule is CCN(CC)CCCC(C)NC(=S)Nc1ccc(C(C)=O)cc1. The quantitative estimate of drug-likeness (QED) is 0.532. The molecule has 0 spiro atoms. The molecule has 0 aliphatic rings. The van der Waals surface area contributed by atoms with Crippen LogP contribution >= 0.6 is 12.2 Å². The van der Waals surface area contributed by atoms with E-state index in [9.17, 15) is 4.79 Å². The fraction of sp³-hybridized carbons (Fsp3) is 0.556. The predicted octanol–water partition coefficient (Wildman–Crippen LogP) is 3.69. The smallest absolute Gasteiger partial charge is 0.170 e. The third-order valence-corrected chi connectivity index (χ3v) is 4.15. The lowest BCUT2D eigenvalue weighted by Gasteiger charge is -2.20. The first-order valence-corrected chi connectivity index (χ1v) is 8.78. The van der Waals surface area contributed by atoms with Gasteiger partial charge in [-0.3, -0.25) is 4.79 Å². The summed E-state index contributed by atoms with van der Waals surface area (Å²) in [5, 5.41) is 7.09. The van der Waals surface area contributed by atoms with Crippen molar-refractivity contribution >= 4 is 28.8 Å². The van der Waals surface area contributed by atoms with Crippen LogP contribution in [0, 0.1) is 0 Å². The summed E-state index contributed by atoms with van der Waals surface area (Å²) < 4.78 is 0. The zero-order valence-corrected chi connectivity index (χ0v) is 15.5. The number of benzene rings is 1. The van der Waals surface area contributed by atoms with Crippen LogP contribution in [0.25, 0.3) is 0 Å². The molecule has 0 aliphatic heterocycles. The van der Waals surface area contributed by atoms with Gasteiger partial charge in [-0.05, 0) is 82.8 Å². The molecule has 0 radical (unpaired) electrons. The average Bonchev–Trinajstić information content (AvgIpc) is 2.52. The van der Waals surface area contributed by atoms with Gasteiger partial charge in [0.2, 0.25) is 0 Å². The van der Waals surface area contributed by atoms with Gasteiger partial charge in [0.15, 0.2) is 10.9 Å². The summed E-state index contributed by atoms with van der Waals surface area (Å²) in [5.41, 5.74) is 1.60. The topological polar surface area (TPSA) is 44.4 Å². The number of carbonyl (C=O) groups excluding carboxylic acids is 1. The second-order valence-electron chi connectivity index (χ2n) is 5.80. The molecule has 0 heterocycles. The minimum absolute atomic E-state index is 0.0686. The molecule has 1 aromatic carbocycles. The Balaban J connectivity index is 2.33. The lowest BCUT2D eigenvalue weighted by atomic mass is 10.1. The summed E-state index contributed by atoms with van der Waals surface area (Å²) in [6.07, 6.45) is 2.24. The van der Waals surface area contributed by atoms with Crippen LogP contribution in [0.15, 0.2) is 24.3 Å². The Morgan fingerprint density at radius 1 is 1.22 bits per heavy atom. The van der Waals surface area contributed by atoms with Crippen molar-refractivity contribution in [1.82, 2.24) is 10.2 Å². The van der Waals surface area contributed by atoms with Crippen molar-refractivity contribution < 1.29 is 4.79 Å². The van der Waals surface area contributed by atoms with Gasteiger partial charge in [-0.15, -0.1) is 0 Å². The first-order valence-electron chi connectivity index (χ1n) is 8.37. The predicted molar refractivity (Wildman–Crippen MR) is 102 cm³/mol. The molecule has 1 atom stereocenters. The van der Waals surface area contributed by atoms with E-state index in [-0.39, 0.29) is 5.78 Å². The number of thiocarbonyl (C=S) groups is 1. The fourth-order valence-electron chi connectivity index (χ4n) is 2.41. The summed E-state index contributed by atoms with van der Waals surface area (Å²) in [6.45, 7) is 11.4. The van der Waals surface area contributed by atoms with Crippen molar-refractivity contribution in [2.75, 3.05) is 25.0 Å². The minimum Gasteiger partial charge on any atom is -0.360 e. The van der Waals surface area contributed by atoms with E-state index in [1.54, 1.807) is 19.1 Å². The van der Waals surface area contributed by atoms with Gasteiger partial charge in [-0.2, -0.15) is 0 Å². The van der Waals surface area contributed by atoms with Gasteiger partial charge in [-0.25, -0.2) is 0 Å². The lowest BCUT2D eigenvalue weighted by Crippen LogP contribution is -2.36. The molecule has 4 nitrogen and oxygen atoms in total. The standard InChI is InChI=1S/C18H29N3OS/c1-5-21(6-2)13-7-8-14(3)19-18(23)20-17-11-9-16(10-12-17)15(4)22/h9-12,14H,5-8,13H2,1-4H3,(H2,19,20,23). The van der Waals surface area contributed by atoms with Crippen LogP contribution in [-0.2, 0) is 0 Å².